The van der Waals surface area contributed by atoms with Crippen molar-refractivity contribution in [1.82, 2.24) is 4.90 Å². The van der Waals surface area contributed by atoms with Crippen LogP contribution in [-0.4, -0.2) is 40.8 Å². The van der Waals surface area contributed by atoms with Gasteiger partial charge in [0.1, 0.15) is 0 Å². The fourth-order valence-corrected chi connectivity index (χ4v) is 3.83. The predicted molar refractivity (Wildman–Crippen MR) is 86.0 cm³/mol. The Kier molecular flexibility index (Phi) is 5.48. The van der Waals surface area contributed by atoms with Crippen LogP contribution in [0.1, 0.15) is 30.6 Å². The van der Waals surface area contributed by atoms with Crippen LogP contribution in [0.3, 0.4) is 0 Å². The molecule has 1 aromatic carbocycles. The number of ketones is 1. The van der Waals surface area contributed by atoms with Crippen molar-refractivity contribution in [2.75, 3.05) is 18.8 Å². The first kappa shape index (κ1) is 15.1. The molecule has 1 aliphatic heterocycles. The first-order valence-electron chi connectivity index (χ1n) is 6.77. The minimum absolute atomic E-state index is 0.0175. The lowest BCUT2D eigenvalue weighted by atomic mass is 10.0. The monoisotopic (exact) mass is 341 g/mol. The molecule has 0 saturated carbocycles. The van der Waals surface area contributed by atoms with Crippen LogP contribution in [-0.2, 0) is 0 Å². The molecule has 1 heterocycles. The molecule has 2 atom stereocenters. The molecule has 1 aromatic rings. The van der Waals surface area contributed by atoms with Crippen LogP contribution in [0.2, 0.25) is 0 Å². The zero-order chi connectivity index (χ0) is 13.8. The molecule has 2 rings (SSSR count). The molecule has 0 radical (unpaired) electrons. The molecule has 2 nitrogen and oxygen atoms in total. The van der Waals surface area contributed by atoms with E-state index < -0.39 is 0 Å². The van der Waals surface area contributed by atoms with Crippen LogP contribution in [0, 0.1) is 0 Å². The molecule has 2 unspecified atom stereocenters. The van der Waals surface area contributed by atoms with Gasteiger partial charge in [-0.2, -0.15) is 11.8 Å². The van der Waals surface area contributed by atoms with Crippen LogP contribution in [0.4, 0.5) is 0 Å². The predicted octanol–water partition coefficient (Wildman–Crippen LogP) is 3.85. The van der Waals surface area contributed by atoms with Gasteiger partial charge >= 0.3 is 0 Å². The Labute approximate surface area is 128 Å². The first-order chi connectivity index (χ1) is 9.11. The molecule has 1 saturated heterocycles. The molecule has 0 spiro atoms. The molecule has 1 fully saturated rings. The Bertz CT molecular complexity index is 434. The van der Waals surface area contributed by atoms with Crippen molar-refractivity contribution in [3.05, 3.63) is 34.3 Å². The summed E-state index contributed by atoms with van der Waals surface area (Å²) in [5.74, 6) is 1.37. The van der Waals surface area contributed by atoms with E-state index in [2.05, 4.69) is 27.8 Å². The van der Waals surface area contributed by atoms with Crippen LogP contribution in [0.25, 0.3) is 0 Å². The van der Waals surface area contributed by atoms with Gasteiger partial charge in [0.05, 0.1) is 6.04 Å². The highest BCUT2D eigenvalue weighted by atomic mass is 79.9. The van der Waals surface area contributed by atoms with E-state index in [4.69, 9.17) is 0 Å². The van der Waals surface area contributed by atoms with Crippen LogP contribution in [0.15, 0.2) is 28.7 Å². The number of Topliss-reactive ketones (excluding diaryl/α,β-unsaturated/α-hetero) is 1. The van der Waals surface area contributed by atoms with Crippen LogP contribution < -0.4 is 0 Å². The van der Waals surface area contributed by atoms with Crippen molar-refractivity contribution >= 4 is 33.5 Å². The Hall–Kier alpha value is -0.320. The Morgan fingerprint density at radius 3 is 2.79 bits per heavy atom. The Morgan fingerprint density at radius 1 is 1.47 bits per heavy atom. The molecular formula is C15H20BrNOS. The summed E-state index contributed by atoms with van der Waals surface area (Å²) in [7, 11) is 0. The number of hydrogen-bond acceptors (Lipinski definition) is 3. The molecular weight excluding hydrogens is 322 g/mol. The maximum Gasteiger partial charge on any atom is 0.179 e. The van der Waals surface area contributed by atoms with Gasteiger partial charge in [-0.25, -0.2) is 0 Å². The average Bonchev–Trinajstić information content (AvgIpc) is 2.46. The number of halogens is 1. The van der Waals surface area contributed by atoms with Gasteiger partial charge in [-0.15, -0.1) is 0 Å². The normalized spacial score (nSPS) is 22.2. The second kappa shape index (κ2) is 6.91. The zero-order valence-electron chi connectivity index (χ0n) is 11.4. The van der Waals surface area contributed by atoms with Crippen molar-refractivity contribution in [2.24, 2.45) is 0 Å². The molecule has 0 aromatic heterocycles. The Morgan fingerprint density at radius 2 is 2.16 bits per heavy atom. The number of carbonyl (C=O) groups is 1. The quantitative estimate of drug-likeness (QED) is 0.776. The molecule has 0 N–H and O–H groups in total. The van der Waals surface area contributed by atoms with Crippen LogP contribution >= 0.6 is 27.7 Å². The number of benzene rings is 1. The SMILES string of the molecule is CCC1CN(C(C)C(=O)c2ccc(Br)cc2)CCS1. The summed E-state index contributed by atoms with van der Waals surface area (Å²) < 4.78 is 1.01. The fraction of sp³-hybridized carbons (Fsp3) is 0.533. The van der Waals surface area contributed by atoms with Crippen molar-refractivity contribution < 1.29 is 4.79 Å². The molecule has 0 amide bonds. The van der Waals surface area contributed by atoms with Gasteiger partial charge in [-0.3, -0.25) is 9.69 Å². The number of nitrogens with zero attached hydrogens (tertiary/aromatic N) is 1. The summed E-state index contributed by atoms with van der Waals surface area (Å²) in [6.07, 6.45) is 1.18. The highest BCUT2D eigenvalue weighted by Gasteiger charge is 2.27. The van der Waals surface area contributed by atoms with E-state index in [-0.39, 0.29) is 11.8 Å². The largest absolute Gasteiger partial charge is 0.292 e. The van der Waals surface area contributed by atoms with Crippen molar-refractivity contribution in [3.8, 4) is 0 Å². The third kappa shape index (κ3) is 3.83. The number of thioether (sulfide) groups is 1. The van der Waals surface area contributed by atoms with E-state index in [0.29, 0.717) is 5.25 Å². The number of hydrogen-bond donors (Lipinski definition) is 0. The van der Waals surface area contributed by atoms with Gasteiger partial charge < -0.3 is 0 Å². The van der Waals surface area contributed by atoms with E-state index in [1.54, 1.807) is 0 Å². The molecule has 0 aliphatic carbocycles. The summed E-state index contributed by atoms with van der Waals surface area (Å²) in [5, 5.41) is 0.675. The number of rotatable bonds is 4. The van der Waals surface area contributed by atoms with E-state index >= 15 is 0 Å². The lowest BCUT2D eigenvalue weighted by Gasteiger charge is -2.35. The van der Waals surface area contributed by atoms with Crippen molar-refractivity contribution in [2.45, 2.75) is 31.6 Å². The second-order valence-corrected chi connectivity index (χ2v) is 7.27. The van der Waals surface area contributed by atoms with Gasteiger partial charge in [0.15, 0.2) is 5.78 Å². The first-order valence-corrected chi connectivity index (χ1v) is 8.61. The van der Waals surface area contributed by atoms with Gasteiger partial charge in [-0.1, -0.05) is 35.0 Å². The van der Waals surface area contributed by atoms with Gasteiger partial charge in [0, 0.05) is 34.1 Å². The molecule has 19 heavy (non-hydrogen) atoms. The fourth-order valence-electron chi connectivity index (χ4n) is 2.36. The summed E-state index contributed by atoms with van der Waals surface area (Å²) in [6.45, 7) is 6.31. The summed E-state index contributed by atoms with van der Waals surface area (Å²) in [4.78, 5) is 14.8. The van der Waals surface area contributed by atoms with Gasteiger partial charge in [0.25, 0.3) is 0 Å². The molecule has 104 valence electrons. The van der Waals surface area contributed by atoms with Gasteiger partial charge in [0.2, 0.25) is 0 Å². The third-order valence-corrected chi connectivity index (χ3v) is 5.58. The lowest BCUT2D eigenvalue weighted by molar-refractivity contribution is 0.0842. The lowest BCUT2D eigenvalue weighted by Crippen LogP contribution is -2.46. The third-order valence-electron chi connectivity index (χ3n) is 3.68. The molecule has 0 bridgehead atoms. The smallest absolute Gasteiger partial charge is 0.179 e. The molecule has 1 aliphatic rings. The van der Waals surface area contributed by atoms with Crippen LogP contribution in [0.5, 0.6) is 0 Å². The minimum atomic E-state index is -0.0175. The van der Waals surface area contributed by atoms with E-state index in [0.717, 1.165) is 28.9 Å². The minimum Gasteiger partial charge on any atom is -0.292 e. The maximum atomic E-state index is 12.5. The van der Waals surface area contributed by atoms with E-state index in [1.807, 2.05) is 43.0 Å². The van der Waals surface area contributed by atoms with E-state index in [9.17, 15) is 4.79 Å². The second-order valence-electron chi connectivity index (χ2n) is 4.94. The topological polar surface area (TPSA) is 20.3 Å². The highest BCUT2D eigenvalue weighted by Crippen LogP contribution is 2.23. The molecule has 4 heteroatoms. The van der Waals surface area contributed by atoms with Crippen molar-refractivity contribution in [1.29, 1.82) is 0 Å². The summed E-state index contributed by atoms with van der Waals surface area (Å²) >= 11 is 5.44. The van der Waals surface area contributed by atoms with Gasteiger partial charge in [-0.05, 0) is 25.5 Å². The van der Waals surface area contributed by atoms with E-state index in [1.165, 1.54) is 6.42 Å². The summed E-state index contributed by atoms with van der Waals surface area (Å²) in [5.41, 5.74) is 0.807. The Balaban J connectivity index is 2.04. The summed E-state index contributed by atoms with van der Waals surface area (Å²) in [6, 6.07) is 7.65. The number of carbonyl (C=O) groups excluding carboxylic acids is 1. The van der Waals surface area contributed by atoms with Crippen molar-refractivity contribution in [3.63, 3.8) is 0 Å². The highest BCUT2D eigenvalue weighted by molar-refractivity contribution is 9.10. The maximum absolute atomic E-state index is 12.5. The standard InChI is InChI=1S/C15H20BrNOS/c1-3-14-10-17(8-9-19-14)11(2)15(18)12-4-6-13(16)7-5-12/h4-7,11,14H,3,8-10H2,1-2H3. The average molecular weight is 342 g/mol. The zero-order valence-corrected chi connectivity index (χ0v) is 13.8.